The predicted octanol–water partition coefficient (Wildman–Crippen LogP) is 1.50. The summed E-state index contributed by atoms with van der Waals surface area (Å²) in [6.45, 7) is 0.639. The summed E-state index contributed by atoms with van der Waals surface area (Å²) >= 11 is 0. The van der Waals surface area contributed by atoms with Crippen LogP contribution in [0.5, 0.6) is 0 Å². The molecular formula is C17H17N7O. The van der Waals surface area contributed by atoms with Crippen LogP contribution in [0.4, 0.5) is 5.95 Å². The number of rotatable bonds is 5. The van der Waals surface area contributed by atoms with E-state index in [9.17, 15) is 4.79 Å². The number of aryl methyl sites for hydroxylation is 1. The van der Waals surface area contributed by atoms with Crippen molar-refractivity contribution in [3.63, 3.8) is 0 Å². The van der Waals surface area contributed by atoms with Gasteiger partial charge < -0.3 is 5.32 Å². The molecule has 0 spiro atoms. The maximum Gasteiger partial charge on any atom is 0.263 e. The van der Waals surface area contributed by atoms with Gasteiger partial charge in [0, 0.05) is 19.8 Å². The molecule has 8 heteroatoms. The van der Waals surface area contributed by atoms with E-state index < -0.39 is 0 Å². The maximum absolute atomic E-state index is 12.3. The Balaban J connectivity index is 1.60. The van der Waals surface area contributed by atoms with Crippen LogP contribution in [0.25, 0.3) is 16.7 Å². The van der Waals surface area contributed by atoms with Gasteiger partial charge in [0.1, 0.15) is 5.39 Å². The number of nitrogens with zero attached hydrogens (tertiary/aromatic N) is 5. The molecule has 0 unspecified atom stereocenters. The van der Waals surface area contributed by atoms with E-state index in [1.165, 1.54) is 6.20 Å². The van der Waals surface area contributed by atoms with Crippen LogP contribution in [-0.4, -0.2) is 36.1 Å². The smallest absolute Gasteiger partial charge is 0.263 e. The third-order valence-electron chi connectivity index (χ3n) is 3.90. The molecule has 0 radical (unpaired) electrons. The standard InChI is InChI=1S/C17H17N7O/c1-23-11-12(9-19-23)7-8-18-17-21-15-14(16(25)22-17)10-20-24(15)13-5-3-2-4-6-13/h2-6,9-11H,7-8H2,1H3,(H2,18,21,22,25). The van der Waals surface area contributed by atoms with E-state index >= 15 is 0 Å². The molecule has 4 aromatic rings. The van der Waals surface area contributed by atoms with Gasteiger partial charge >= 0.3 is 0 Å². The molecule has 1 aromatic carbocycles. The molecule has 4 rings (SSSR count). The summed E-state index contributed by atoms with van der Waals surface area (Å²) in [6.07, 6.45) is 6.11. The Labute approximate surface area is 143 Å². The van der Waals surface area contributed by atoms with Crippen molar-refractivity contribution in [1.29, 1.82) is 0 Å². The van der Waals surface area contributed by atoms with Gasteiger partial charge in [0.05, 0.1) is 18.1 Å². The molecule has 2 N–H and O–H groups in total. The number of aromatic amines is 1. The molecule has 0 amide bonds. The number of nitrogens with one attached hydrogen (secondary N) is 2. The number of hydrogen-bond donors (Lipinski definition) is 2. The van der Waals surface area contributed by atoms with Crippen molar-refractivity contribution in [2.75, 3.05) is 11.9 Å². The Hall–Kier alpha value is -3.42. The highest BCUT2D eigenvalue weighted by molar-refractivity contribution is 5.76. The minimum absolute atomic E-state index is 0.212. The molecule has 0 aliphatic rings. The van der Waals surface area contributed by atoms with Gasteiger partial charge in [0.2, 0.25) is 5.95 Å². The molecule has 0 saturated carbocycles. The minimum atomic E-state index is -0.212. The van der Waals surface area contributed by atoms with Gasteiger partial charge in [-0.05, 0) is 24.1 Å². The van der Waals surface area contributed by atoms with Crippen molar-refractivity contribution in [3.05, 3.63) is 64.8 Å². The fraction of sp³-hybridized carbons (Fsp3) is 0.176. The van der Waals surface area contributed by atoms with E-state index in [4.69, 9.17) is 0 Å². The first kappa shape index (κ1) is 15.1. The number of anilines is 1. The Morgan fingerprint density at radius 2 is 2.00 bits per heavy atom. The van der Waals surface area contributed by atoms with Crippen molar-refractivity contribution in [2.45, 2.75) is 6.42 Å². The molecule has 0 bridgehead atoms. The van der Waals surface area contributed by atoms with Crippen molar-refractivity contribution in [3.8, 4) is 5.69 Å². The van der Waals surface area contributed by atoms with E-state index in [-0.39, 0.29) is 5.56 Å². The molecule has 0 saturated heterocycles. The summed E-state index contributed by atoms with van der Waals surface area (Å²) in [5.74, 6) is 0.430. The van der Waals surface area contributed by atoms with E-state index in [0.717, 1.165) is 17.7 Å². The number of hydrogen-bond acceptors (Lipinski definition) is 5. The number of aromatic nitrogens is 6. The van der Waals surface area contributed by atoms with Crippen molar-refractivity contribution >= 4 is 17.0 Å². The molecule has 25 heavy (non-hydrogen) atoms. The zero-order valence-electron chi connectivity index (χ0n) is 13.7. The van der Waals surface area contributed by atoms with Gasteiger partial charge in [-0.15, -0.1) is 0 Å². The maximum atomic E-state index is 12.3. The molecule has 0 atom stereocenters. The lowest BCUT2D eigenvalue weighted by atomic mass is 10.2. The lowest BCUT2D eigenvalue weighted by Crippen LogP contribution is -2.15. The van der Waals surface area contributed by atoms with Crippen molar-refractivity contribution in [1.82, 2.24) is 29.5 Å². The summed E-state index contributed by atoms with van der Waals surface area (Å²) in [5, 5.41) is 12.1. The Kier molecular flexibility index (Phi) is 3.77. The number of benzene rings is 1. The lowest BCUT2D eigenvalue weighted by molar-refractivity contribution is 0.766. The van der Waals surface area contributed by atoms with Crippen LogP contribution >= 0.6 is 0 Å². The van der Waals surface area contributed by atoms with Crippen molar-refractivity contribution < 1.29 is 0 Å². The lowest BCUT2D eigenvalue weighted by Gasteiger charge is -2.06. The number of para-hydroxylation sites is 1. The van der Waals surface area contributed by atoms with Crippen LogP contribution in [0.1, 0.15) is 5.56 Å². The highest BCUT2D eigenvalue weighted by Gasteiger charge is 2.11. The summed E-state index contributed by atoms with van der Waals surface area (Å²) in [6, 6.07) is 9.61. The summed E-state index contributed by atoms with van der Waals surface area (Å²) < 4.78 is 3.43. The molecule has 8 nitrogen and oxygen atoms in total. The molecule has 126 valence electrons. The molecule has 3 heterocycles. The second-order valence-corrected chi connectivity index (χ2v) is 5.74. The van der Waals surface area contributed by atoms with Gasteiger partial charge in [-0.2, -0.15) is 15.2 Å². The largest absolute Gasteiger partial charge is 0.355 e. The fourth-order valence-corrected chi connectivity index (χ4v) is 2.69. The zero-order chi connectivity index (χ0) is 17.2. The average Bonchev–Trinajstić information content (AvgIpc) is 3.22. The summed E-state index contributed by atoms with van der Waals surface area (Å²) in [5.41, 5.74) is 2.29. The zero-order valence-corrected chi connectivity index (χ0v) is 13.7. The molecular weight excluding hydrogens is 318 g/mol. The van der Waals surface area contributed by atoms with Crippen LogP contribution in [-0.2, 0) is 13.5 Å². The van der Waals surface area contributed by atoms with Crippen LogP contribution in [0.2, 0.25) is 0 Å². The van der Waals surface area contributed by atoms with Crippen molar-refractivity contribution in [2.24, 2.45) is 7.05 Å². The normalized spacial score (nSPS) is 11.1. The number of fused-ring (bicyclic) bond motifs is 1. The molecule has 0 aliphatic carbocycles. The monoisotopic (exact) mass is 335 g/mol. The first-order chi connectivity index (χ1) is 12.2. The molecule has 0 fully saturated rings. The molecule has 3 aromatic heterocycles. The van der Waals surface area contributed by atoms with Gasteiger partial charge in [-0.1, -0.05) is 18.2 Å². The molecule has 0 aliphatic heterocycles. The Bertz CT molecular complexity index is 1060. The average molecular weight is 335 g/mol. The summed E-state index contributed by atoms with van der Waals surface area (Å²) in [7, 11) is 1.88. The third kappa shape index (κ3) is 3.01. The number of H-pyrrole nitrogens is 1. The Morgan fingerprint density at radius 3 is 2.76 bits per heavy atom. The highest BCUT2D eigenvalue weighted by Crippen LogP contribution is 2.14. The van der Waals surface area contributed by atoms with E-state index in [0.29, 0.717) is 23.5 Å². The van der Waals surface area contributed by atoms with Gasteiger partial charge in [0.25, 0.3) is 5.56 Å². The van der Waals surface area contributed by atoms with Crippen LogP contribution in [0.3, 0.4) is 0 Å². The predicted molar refractivity (Wildman–Crippen MR) is 94.9 cm³/mol. The van der Waals surface area contributed by atoms with Crippen LogP contribution in [0.15, 0.2) is 53.7 Å². The van der Waals surface area contributed by atoms with E-state index in [1.807, 2.05) is 49.8 Å². The Morgan fingerprint density at radius 1 is 1.16 bits per heavy atom. The fourth-order valence-electron chi connectivity index (χ4n) is 2.69. The topological polar surface area (TPSA) is 93.4 Å². The third-order valence-corrected chi connectivity index (χ3v) is 3.90. The van der Waals surface area contributed by atoms with E-state index in [2.05, 4.69) is 25.5 Å². The van der Waals surface area contributed by atoms with Gasteiger partial charge in [-0.25, -0.2) is 4.68 Å². The second kappa shape index (κ2) is 6.23. The summed E-state index contributed by atoms with van der Waals surface area (Å²) in [4.78, 5) is 19.6. The first-order valence-corrected chi connectivity index (χ1v) is 7.95. The second-order valence-electron chi connectivity index (χ2n) is 5.74. The first-order valence-electron chi connectivity index (χ1n) is 7.95. The van der Waals surface area contributed by atoms with Gasteiger partial charge in [0.15, 0.2) is 5.65 Å². The minimum Gasteiger partial charge on any atom is -0.355 e. The highest BCUT2D eigenvalue weighted by atomic mass is 16.1. The van der Waals surface area contributed by atoms with Crippen LogP contribution in [0, 0.1) is 0 Å². The van der Waals surface area contributed by atoms with Gasteiger partial charge in [-0.3, -0.25) is 14.5 Å². The SMILES string of the molecule is Cn1cc(CCNc2nc3c(cnn3-c3ccccc3)c(=O)[nH]2)cn1. The quantitative estimate of drug-likeness (QED) is 0.576. The van der Waals surface area contributed by atoms with Crippen LogP contribution < -0.4 is 10.9 Å². The van der Waals surface area contributed by atoms with E-state index in [1.54, 1.807) is 9.36 Å².